The molecule has 0 radical (unpaired) electrons. The van der Waals surface area contributed by atoms with Gasteiger partial charge in [0.2, 0.25) is 0 Å². The quantitative estimate of drug-likeness (QED) is 0.833. The average molecular weight is 347 g/mol. The van der Waals surface area contributed by atoms with Crippen LogP contribution in [0.15, 0.2) is 36.5 Å². The lowest BCUT2D eigenvalue weighted by Gasteiger charge is -2.11. The Kier molecular flexibility index (Phi) is 4.95. The highest BCUT2D eigenvalue weighted by molar-refractivity contribution is 6.31. The number of benzene rings is 1. The Morgan fingerprint density at radius 2 is 2.00 bits per heavy atom. The summed E-state index contributed by atoms with van der Waals surface area (Å²) in [5.74, 6) is -1.53. The second kappa shape index (κ2) is 6.74. The summed E-state index contributed by atoms with van der Waals surface area (Å²) in [6.45, 7) is -0.637. The van der Waals surface area contributed by atoms with Crippen LogP contribution in [0.3, 0.4) is 0 Å². The molecule has 23 heavy (non-hydrogen) atoms. The average Bonchev–Trinajstić information content (AvgIpc) is 3.00. The lowest BCUT2D eigenvalue weighted by atomic mass is 10.2. The van der Waals surface area contributed by atoms with Crippen LogP contribution in [0.5, 0.6) is 0 Å². The number of rotatable bonds is 4. The molecule has 0 saturated heterocycles. The minimum atomic E-state index is -4.64. The predicted molar refractivity (Wildman–Crippen MR) is 76.2 cm³/mol. The molecule has 1 aromatic carbocycles. The smallest absolute Gasteiger partial charge is 0.417 e. The molecule has 0 unspecified atom stereocenters. The summed E-state index contributed by atoms with van der Waals surface area (Å²) in [6.07, 6.45) is -3.14. The molecule has 2 N–H and O–H groups in total. The van der Waals surface area contributed by atoms with Gasteiger partial charge in [-0.3, -0.25) is 4.79 Å². The van der Waals surface area contributed by atoms with Crippen LogP contribution in [0.1, 0.15) is 16.1 Å². The number of halogens is 4. The normalized spacial score (nSPS) is 11.1. The molecule has 122 valence electrons. The number of esters is 1. The summed E-state index contributed by atoms with van der Waals surface area (Å²) >= 11 is 5.47. The molecule has 5 nitrogen and oxygen atoms in total. The highest BCUT2D eigenvalue weighted by Gasteiger charge is 2.33. The van der Waals surface area contributed by atoms with Gasteiger partial charge in [0.1, 0.15) is 5.69 Å². The van der Waals surface area contributed by atoms with E-state index >= 15 is 0 Å². The molecule has 2 rings (SSSR count). The fourth-order valence-electron chi connectivity index (χ4n) is 1.68. The van der Waals surface area contributed by atoms with Gasteiger partial charge < -0.3 is 15.0 Å². The van der Waals surface area contributed by atoms with E-state index in [9.17, 15) is 22.8 Å². The number of alkyl halides is 3. The zero-order chi connectivity index (χ0) is 17.0. The summed E-state index contributed by atoms with van der Waals surface area (Å²) < 4.78 is 42.8. The van der Waals surface area contributed by atoms with Crippen LogP contribution in [0.4, 0.5) is 18.9 Å². The monoisotopic (exact) mass is 346 g/mol. The summed E-state index contributed by atoms with van der Waals surface area (Å²) in [6, 6.07) is 5.96. The maximum absolute atomic E-state index is 12.7. The second-order valence-corrected chi connectivity index (χ2v) is 4.81. The third kappa shape index (κ3) is 4.49. The van der Waals surface area contributed by atoms with Gasteiger partial charge in [0.05, 0.1) is 10.6 Å². The Morgan fingerprint density at radius 1 is 1.26 bits per heavy atom. The van der Waals surface area contributed by atoms with Crippen LogP contribution in [0.2, 0.25) is 5.02 Å². The second-order valence-electron chi connectivity index (χ2n) is 4.40. The number of nitrogens with one attached hydrogen (secondary N) is 2. The molecule has 0 fully saturated rings. The van der Waals surface area contributed by atoms with E-state index in [1.54, 1.807) is 6.07 Å². The lowest BCUT2D eigenvalue weighted by molar-refractivity contribution is -0.137. The molecule has 1 amide bonds. The highest BCUT2D eigenvalue weighted by atomic mass is 35.5. The van der Waals surface area contributed by atoms with Crippen molar-refractivity contribution in [2.75, 3.05) is 11.9 Å². The van der Waals surface area contributed by atoms with Crippen molar-refractivity contribution in [3.05, 3.63) is 52.8 Å². The zero-order valence-corrected chi connectivity index (χ0v) is 12.2. The fraction of sp³-hybridized carbons (Fsp3) is 0.143. The molecule has 1 heterocycles. The molecule has 1 aromatic heterocycles. The maximum Gasteiger partial charge on any atom is 0.417 e. The van der Waals surface area contributed by atoms with Gasteiger partial charge in [0, 0.05) is 11.9 Å². The van der Waals surface area contributed by atoms with Gasteiger partial charge in [-0.05, 0) is 30.3 Å². The van der Waals surface area contributed by atoms with Crippen LogP contribution >= 0.6 is 11.6 Å². The number of ether oxygens (including phenoxy) is 1. The summed E-state index contributed by atoms with van der Waals surface area (Å²) in [7, 11) is 0. The molecule has 0 aliphatic carbocycles. The number of hydrogen-bond donors (Lipinski definition) is 2. The standard InChI is InChI=1S/C14H10ClF3N2O3/c15-10-4-3-8(6-9(10)14(16,17)18)20-12(21)7-23-13(22)11-2-1-5-19-11/h1-6,19H,7H2,(H,20,21). The van der Waals surface area contributed by atoms with Crippen molar-refractivity contribution in [1.29, 1.82) is 0 Å². The number of amides is 1. The lowest BCUT2D eigenvalue weighted by Crippen LogP contribution is -2.21. The third-order valence-corrected chi connectivity index (χ3v) is 3.04. The number of anilines is 1. The Morgan fingerprint density at radius 3 is 2.61 bits per heavy atom. The number of aromatic nitrogens is 1. The molecule has 0 saturated carbocycles. The SMILES string of the molecule is O=C(COC(=O)c1ccc[nH]1)Nc1ccc(Cl)c(C(F)(F)F)c1. The first kappa shape index (κ1) is 16.9. The minimum absolute atomic E-state index is 0.109. The van der Waals surface area contributed by atoms with Crippen LogP contribution < -0.4 is 5.32 Å². The molecule has 2 aromatic rings. The van der Waals surface area contributed by atoms with E-state index in [-0.39, 0.29) is 11.4 Å². The van der Waals surface area contributed by atoms with E-state index in [1.165, 1.54) is 18.3 Å². The first-order chi connectivity index (χ1) is 10.8. The fourth-order valence-corrected chi connectivity index (χ4v) is 1.91. The van der Waals surface area contributed by atoms with Crippen LogP contribution in [0.25, 0.3) is 0 Å². The van der Waals surface area contributed by atoms with Crippen LogP contribution in [0, 0.1) is 0 Å². The molecule has 0 atom stereocenters. The molecule has 0 spiro atoms. The number of hydrogen-bond acceptors (Lipinski definition) is 3. The first-order valence-electron chi connectivity index (χ1n) is 6.24. The first-order valence-corrected chi connectivity index (χ1v) is 6.62. The number of aromatic amines is 1. The van der Waals surface area contributed by atoms with Gasteiger partial charge in [0.25, 0.3) is 5.91 Å². The minimum Gasteiger partial charge on any atom is -0.451 e. The van der Waals surface area contributed by atoms with Crippen molar-refractivity contribution in [3.8, 4) is 0 Å². The molecule has 0 aliphatic heterocycles. The van der Waals surface area contributed by atoms with Crippen molar-refractivity contribution < 1.29 is 27.5 Å². The van der Waals surface area contributed by atoms with E-state index in [4.69, 9.17) is 16.3 Å². The number of carbonyl (C=O) groups is 2. The van der Waals surface area contributed by atoms with Crippen LogP contribution in [-0.2, 0) is 15.7 Å². The Labute approximate surface area is 133 Å². The van der Waals surface area contributed by atoms with Crippen molar-refractivity contribution in [2.45, 2.75) is 6.18 Å². The van der Waals surface area contributed by atoms with E-state index in [1.807, 2.05) is 0 Å². The molecule has 9 heteroatoms. The van der Waals surface area contributed by atoms with Crippen molar-refractivity contribution in [2.24, 2.45) is 0 Å². The van der Waals surface area contributed by atoms with Gasteiger partial charge in [-0.15, -0.1) is 0 Å². The Balaban J connectivity index is 1.97. The van der Waals surface area contributed by atoms with Crippen molar-refractivity contribution in [3.63, 3.8) is 0 Å². The van der Waals surface area contributed by atoms with Gasteiger partial charge in [-0.25, -0.2) is 4.79 Å². The van der Waals surface area contributed by atoms with E-state index < -0.39 is 35.2 Å². The van der Waals surface area contributed by atoms with Gasteiger partial charge >= 0.3 is 12.1 Å². The predicted octanol–water partition coefficient (Wildman–Crippen LogP) is 3.48. The van der Waals surface area contributed by atoms with E-state index in [0.29, 0.717) is 6.07 Å². The highest BCUT2D eigenvalue weighted by Crippen LogP contribution is 2.36. The van der Waals surface area contributed by atoms with Gasteiger partial charge in [-0.1, -0.05) is 11.6 Å². The molecule has 0 bridgehead atoms. The maximum atomic E-state index is 12.7. The van der Waals surface area contributed by atoms with Crippen molar-refractivity contribution >= 4 is 29.2 Å². The van der Waals surface area contributed by atoms with Crippen LogP contribution in [-0.4, -0.2) is 23.5 Å². The number of carbonyl (C=O) groups excluding carboxylic acids is 2. The summed E-state index contributed by atoms with van der Waals surface area (Å²) in [5, 5.41) is 1.72. The third-order valence-electron chi connectivity index (χ3n) is 2.71. The van der Waals surface area contributed by atoms with Gasteiger partial charge in [-0.2, -0.15) is 13.2 Å². The number of H-pyrrole nitrogens is 1. The molecular formula is C14H10ClF3N2O3. The Bertz CT molecular complexity index is 715. The van der Waals surface area contributed by atoms with E-state index in [0.717, 1.165) is 6.07 Å². The Hall–Kier alpha value is -2.48. The zero-order valence-electron chi connectivity index (χ0n) is 11.4. The van der Waals surface area contributed by atoms with E-state index in [2.05, 4.69) is 10.3 Å². The van der Waals surface area contributed by atoms with Gasteiger partial charge in [0.15, 0.2) is 6.61 Å². The largest absolute Gasteiger partial charge is 0.451 e. The summed E-state index contributed by atoms with van der Waals surface area (Å²) in [4.78, 5) is 25.7. The van der Waals surface area contributed by atoms with Crippen molar-refractivity contribution in [1.82, 2.24) is 4.98 Å². The summed E-state index contributed by atoms with van der Waals surface area (Å²) in [5.41, 5.74) is -1.02. The molecular weight excluding hydrogens is 337 g/mol. The topological polar surface area (TPSA) is 71.2 Å². The molecule has 0 aliphatic rings.